The number of phenolic OH excluding ortho intramolecular Hbond substituents is 1. The summed E-state index contributed by atoms with van der Waals surface area (Å²) in [6, 6.07) is 19.7. The molecule has 0 atom stereocenters. The molecule has 126 valence electrons. The number of imidazole rings is 1. The van der Waals surface area contributed by atoms with Crippen LogP contribution in [0.25, 0.3) is 5.78 Å². The van der Waals surface area contributed by atoms with Gasteiger partial charge in [0.25, 0.3) is 0 Å². The lowest BCUT2D eigenvalue weighted by atomic mass is 10.1. The van der Waals surface area contributed by atoms with E-state index >= 15 is 0 Å². The molecule has 2 heterocycles. The van der Waals surface area contributed by atoms with Gasteiger partial charge in [-0.25, -0.2) is 8.97 Å². The van der Waals surface area contributed by atoms with Crippen LogP contribution in [0.4, 0.5) is 0 Å². The van der Waals surface area contributed by atoms with Gasteiger partial charge in [-0.05, 0) is 23.3 Å². The SMILES string of the molecule is Oc1ccc(Cc2c[n+](Cc3ccccc3)c3ncccn23)cc1.[Br-]. The first kappa shape index (κ1) is 17.2. The monoisotopic (exact) mass is 395 g/mol. The highest BCUT2D eigenvalue weighted by Gasteiger charge is 2.17. The van der Waals surface area contributed by atoms with Crippen molar-refractivity contribution in [1.82, 2.24) is 9.38 Å². The molecule has 4 rings (SSSR count). The summed E-state index contributed by atoms with van der Waals surface area (Å²) in [5.41, 5.74) is 3.57. The van der Waals surface area contributed by atoms with Crippen LogP contribution < -0.4 is 21.5 Å². The van der Waals surface area contributed by atoms with Crippen LogP contribution in [0.5, 0.6) is 5.75 Å². The van der Waals surface area contributed by atoms with Gasteiger partial charge in [-0.15, -0.1) is 0 Å². The predicted molar refractivity (Wildman–Crippen MR) is 91.8 cm³/mol. The molecule has 0 radical (unpaired) electrons. The Morgan fingerprint density at radius 2 is 1.68 bits per heavy atom. The quantitative estimate of drug-likeness (QED) is 0.493. The smallest absolute Gasteiger partial charge is 0.403 e. The summed E-state index contributed by atoms with van der Waals surface area (Å²) >= 11 is 0. The van der Waals surface area contributed by atoms with Crippen molar-refractivity contribution in [2.24, 2.45) is 0 Å². The summed E-state index contributed by atoms with van der Waals surface area (Å²) in [5, 5.41) is 9.44. The Hall–Kier alpha value is -2.66. The van der Waals surface area contributed by atoms with Crippen LogP contribution in [-0.2, 0) is 13.0 Å². The van der Waals surface area contributed by atoms with Gasteiger partial charge >= 0.3 is 5.78 Å². The minimum atomic E-state index is 0. The zero-order chi connectivity index (χ0) is 16.4. The van der Waals surface area contributed by atoms with E-state index in [1.807, 2.05) is 36.7 Å². The number of aromatic hydroxyl groups is 1. The van der Waals surface area contributed by atoms with Gasteiger partial charge in [-0.3, -0.25) is 0 Å². The molecule has 4 aromatic rings. The highest BCUT2D eigenvalue weighted by molar-refractivity contribution is 5.31. The van der Waals surface area contributed by atoms with Gasteiger partial charge in [0.2, 0.25) is 0 Å². The average Bonchev–Trinajstić information content (AvgIpc) is 2.96. The molecule has 0 aliphatic carbocycles. The van der Waals surface area contributed by atoms with Gasteiger partial charge in [0.15, 0.2) is 0 Å². The van der Waals surface area contributed by atoms with Crippen molar-refractivity contribution in [1.29, 1.82) is 0 Å². The summed E-state index contributed by atoms with van der Waals surface area (Å²) in [6.07, 6.45) is 6.80. The van der Waals surface area contributed by atoms with Crippen LogP contribution in [0, 0.1) is 0 Å². The molecule has 0 saturated heterocycles. The molecule has 0 spiro atoms. The molecule has 2 aromatic carbocycles. The molecule has 1 N–H and O–H groups in total. The average molecular weight is 396 g/mol. The Morgan fingerprint density at radius 1 is 0.920 bits per heavy atom. The fraction of sp³-hybridized carbons (Fsp3) is 0.100. The highest BCUT2D eigenvalue weighted by atomic mass is 79.9. The van der Waals surface area contributed by atoms with Crippen molar-refractivity contribution in [3.8, 4) is 5.75 Å². The van der Waals surface area contributed by atoms with E-state index in [9.17, 15) is 5.11 Å². The number of hydrogen-bond donors (Lipinski definition) is 1. The molecule has 0 fully saturated rings. The first-order valence-electron chi connectivity index (χ1n) is 7.96. The Balaban J connectivity index is 0.00000182. The van der Waals surface area contributed by atoms with Crippen molar-refractivity contribution < 1.29 is 26.7 Å². The summed E-state index contributed by atoms with van der Waals surface area (Å²) in [4.78, 5) is 4.54. The maximum Gasteiger partial charge on any atom is 0.403 e. The van der Waals surface area contributed by atoms with E-state index < -0.39 is 0 Å². The second kappa shape index (κ2) is 7.49. The lowest BCUT2D eigenvalue weighted by Gasteiger charge is -1.98. The van der Waals surface area contributed by atoms with Gasteiger partial charge in [-0.1, -0.05) is 47.4 Å². The lowest BCUT2D eigenvalue weighted by molar-refractivity contribution is -0.664. The topological polar surface area (TPSA) is 41.4 Å². The van der Waals surface area contributed by atoms with Crippen molar-refractivity contribution in [3.63, 3.8) is 0 Å². The van der Waals surface area contributed by atoms with Crippen molar-refractivity contribution in [3.05, 3.63) is 96.1 Å². The Bertz CT molecular complexity index is 965. The maximum absolute atomic E-state index is 9.44. The highest BCUT2D eigenvalue weighted by Crippen LogP contribution is 2.14. The van der Waals surface area contributed by atoms with Crippen molar-refractivity contribution in [2.45, 2.75) is 13.0 Å². The molecule has 2 aromatic heterocycles. The summed E-state index contributed by atoms with van der Waals surface area (Å²) in [6.45, 7) is 0.789. The minimum Gasteiger partial charge on any atom is -1.00 e. The number of rotatable bonds is 4. The van der Waals surface area contributed by atoms with Gasteiger partial charge in [-0.2, -0.15) is 0 Å². The maximum atomic E-state index is 9.44. The van der Waals surface area contributed by atoms with E-state index in [0.29, 0.717) is 5.75 Å². The number of phenols is 1. The van der Waals surface area contributed by atoms with Crippen molar-refractivity contribution >= 4 is 5.78 Å². The third kappa shape index (κ3) is 3.72. The summed E-state index contributed by atoms with van der Waals surface area (Å²) < 4.78 is 4.29. The van der Waals surface area contributed by atoms with Gasteiger partial charge in [0, 0.05) is 12.5 Å². The molecule has 0 aliphatic rings. The Labute approximate surface area is 156 Å². The van der Waals surface area contributed by atoms with Gasteiger partial charge < -0.3 is 22.1 Å². The lowest BCUT2D eigenvalue weighted by Crippen LogP contribution is -3.00. The molecular weight excluding hydrogens is 378 g/mol. The second-order valence-electron chi connectivity index (χ2n) is 5.87. The molecule has 0 saturated carbocycles. The molecule has 0 bridgehead atoms. The molecular formula is C20H18BrN3O. The van der Waals surface area contributed by atoms with Crippen LogP contribution in [0.15, 0.2) is 79.3 Å². The van der Waals surface area contributed by atoms with Crippen LogP contribution in [-0.4, -0.2) is 14.5 Å². The normalized spacial score (nSPS) is 10.6. The standard InChI is InChI=1S/C20H17N3O.BrH/c24-19-9-7-16(8-10-19)13-18-15-22(14-17-5-2-1-3-6-17)20-21-11-4-12-23(18)20;/h1-12,15H,13-14H2;1H. The van der Waals surface area contributed by atoms with Crippen LogP contribution in [0.2, 0.25) is 0 Å². The van der Waals surface area contributed by atoms with Crippen LogP contribution in [0.3, 0.4) is 0 Å². The zero-order valence-corrected chi connectivity index (χ0v) is 15.2. The summed E-state index contributed by atoms with van der Waals surface area (Å²) in [5.74, 6) is 1.22. The number of nitrogens with zero attached hydrogens (tertiary/aromatic N) is 3. The van der Waals surface area contributed by atoms with Crippen molar-refractivity contribution in [2.75, 3.05) is 0 Å². The zero-order valence-electron chi connectivity index (χ0n) is 13.6. The van der Waals surface area contributed by atoms with E-state index in [2.05, 4.69) is 44.4 Å². The summed E-state index contributed by atoms with van der Waals surface area (Å²) in [7, 11) is 0. The molecule has 0 aliphatic heterocycles. The van der Waals surface area contributed by atoms with Crippen LogP contribution >= 0.6 is 0 Å². The van der Waals surface area contributed by atoms with Gasteiger partial charge in [0.05, 0.1) is 12.7 Å². The third-order valence-electron chi connectivity index (χ3n) is 4.12. The number of benzene rings is 2. The first-order chi connectivity index (χ1) is 11.8. The fourth-order valence-electron chi connectivity index (χ4n) is 2.95. The number of halogens is 1. The first-order valence-corrected chi connectivity index (χ1v) is 7.96. The molecule has 0 amide bonds. The second-order valence-corrected chi connectivity index (χ2v) is 5.87. The number of fused-ring (bicyclic) bond motifs is 1. The predicted octanol–water partition coefficient (Wildman–Crippen LogP) is -0.0295. The number of aromatic nitrogens is 3. The fourth-order valence-corrected chi connectivity index (χ4v) is 2.95. The molecule has 5 heteroatoms. The van der Waals surface area contributed by atoms with E-state index in [-0.39, 0.29) is 17.0 Å². The largest absolute Gasteiger partial charge is 1.00 e. The van der Waals surface area contributed by atoms with Gasteiger partial charge in [0.1, 0.15) is 23.8 Å². The number of hydrogen-bond acceptors (Lipinski definition) is 2. The van der Waals surface area contributed by atoms with E-state index in [0.717, 1.165) is 24.3 Å². The van der Waals surface area contributed by atoms with E-state index in [4.69, 9.17) is 0 Å². The Morgan fingerprint density at radius 3 is 2.44 bits per heavy atom. The molecule has 4 nitrogen and oxygen atoms in total. The minimum absolute atomic E-state index is 0. The van der Waals surface area contributed by atoms with E-state index in [1.165, 1.54) is 11.3 Å². The van der Waals surface area contributed by atoms with E-state index in [1.54, 1.807) is 12.1 Å². The third-order valence-corrected chi connectivity index (χ3v) is 4.12. The Kier molecular flexibility index (Phi) is 5.14. The molecule has 0 unspecified atom stereocenters. The molecule has 25 heavy (non-hydrogen) atoms. The van der Waals surface area contributed by atoms with Crippen LogP contribution in [0.1, 0.15) is 16.8 Å².